The topological polar surface area (TPSA) is 69.9 Å². The maximum atomic E-state index is 13.3. The lowest BCUT2D eigenvalue weighted by Crippen LogP contribution is -2.42. The molecule has 33 heavy (non-hydrogen) atoms. The zero-order valence-electron chi connectivity index (χ0n) is 19.3. The number of hydrogen-bond acceptors (Lipinski definition) is 5. The van der Waals surface area contributed by atoms with Crippen molar-refractivity contribution in [3.05, 3.63) is 93.7 Å². The number of nitro groups is 1. The van der Waals surface area contributed by atoms with Gasteiger partial charge < -0.3 is 9.80 Å². The molecule has 0 aliphatic carbocycles. The summed E-state index contributed by atoms with van der Waals surface area (Å²) in [7, 11) is 4.08. The van der Waals surface area contributed by atoms with Crippen molar-refractivity contribution in [2.45, 2.75) is 31.8 Å². The van der Waals surface area contributed by atoms with Crippen molar-refractivity contribution in [1.82, 2.24) is 9.80 Å². The minimum atomic E-state index is -0.377. The van der Waals surface area contributed by atoms with Gasteiger partial charge in [0.2, 0.25) is 0 Å². The van der Waals surface area contributed by atoms with Crippen LogP contribution in [0.15, 0.2) is 66.9 Å². The summed E-state index contributed by atoms with van der Waals surface area (Å²) in [6, 6.07) is 12.7. The lowest BCUT2D eigenvalue weighted by atomic mass is 9.89. The Labute approximate surface area is 194 Å². The van der Waals surface area contributed by atoms with Crippen LogP contribution in [0, 0.1) is 17.0 Å². The third-order valence-corrected chi connectivity index (χ3v) is 6.55. The van der Waals surface area contributed by atoms with E-state index in [1.807, 2.05) is 61.5 Å². The molecule has 0 N–H and O–H groups in total. The highest BCUT2D eigenvalue weighted by molar-refractivity contribution is 5.95. The maximum absolute atomic E-state index is 13.3. The van der Waals surface area contributed by atoms with Crippen molar-refractivity contribution in [3.63, 3.8) is 0 Å². The summed E-state index contributed by atoms with van der Waals surface area (Å²) in [6.45, 7) is 3.42. The summed E-state index contributed by atoms with van der Waals surface area (Å²) in [5.41, 5.74) is 4.06. The molecule has 1 fully saturated rings. The number of non-ortho nitro benzene ring substituents is 1. The molecule has 0 bridgehead atoms. The number of nitrogens with zero attached hydrogens (tertiary/aromatic N) is 4. The number of amides is 1. The van der Waals surface area contributed by atoms with Crippen molar-refractivity contribution in [3.8, 4) is 0 Å². The Morgan fingerprint density at radius 3 is 2.39 bits per heavy atom. The number of rotatable bonds is 5. The van der Waals surface area contributed by atoms with Crippen LogP contribution >= 0.6 is 0 Å². The fourth-order valence-electron chi connectivity index (χ4n) is 4.62. The highest BCUT2D eigenvalue weighted by Crippen LogP contribution is 2.31. The molecule has 7 heteroatoms. The number of nitro benzene ring substituents is 1. The van der Waals surface area contributed by atoms with Crippen molar-refractivity contribution in [1.29, 1.82) is 0 Å². The lowest BCUT2D eigenvalue weighted by Gasteiger charge is -2.36. The predicted molar refractivity (Wildman–Crippen MR) is 130 cm³/mol. The average Bonchev–Trinajstić information content (AvgIpc) is 2.84. The van der Waals surface area contributed by atoms with Gasteiger partial charge >= 0.3 is 0 Å². The molecular weight excluding hydrogens is 416 g/mol. The van der Waals surface area contributed by atoms with E-state index < -0.39 is 0 Å². The molecule has 0 aromatic heterocycles. The molecule has 2 aromatic carbocycles. The molecule has 7 nitrogen and oxygen atoms in total. The van der Waals surface area contributed by atoms with Gasteiger partial charge in [-0.25, -0.2) is 0 Å². The van der Waals surface area contributed by atoms with Crippen LogP contribution in [0.2, 0.25) is 0 Å². The molecule has 1 saturated heterocycles. The molecule has 4 rings (SSSR count). The van der Waals surface area contributed by atoms with Crippen molar-refractivity contribution >= 4 is 17.3 Å². The van der Waals surface area contributed by atoms with Crippen LogP contribution in [0.1, 0.15) is 40.2 Å². The number of allylic oxidation sites excluding steroid dienone is 2. The van der Waals surface area contributed by atoms with E-state index in [1.54, 1.807) is 12.1 Å². The van der Waals surface area contributed by atoms with Crippen LogP contribution in [0.3, 0.4) is 0 Å². The molecule has 0 saturated carbocycles. The van der Waals surface area contributed by atoms with Gasteiger partial charge in [-0.15, -0.1) is 0 Å². The lowest BCUT2D eigenvalue weighted by molar-refractivity contribution is -0.384. The van der Waals surface area contributed by atoms with E-state index in [-0.39, 0.29) is 22.7 Å². The molecule has 0 radical (unpaired) electrons. The minimum Gasteiger partial charge on any atom is -0.339 e. The van der Waals surface area contributed by atoms with E-state index >= 15 is 0 Å². The smallest absolute Gasteiger partial charge is 0.269 e. The molecule has 2 aromatic rings. The average molecular weight is 447 g/mol. The van der Waals surface area contributed by atoms with Gasteiger partial charge in [-0.3, -0.25) is 19.8 Å². The highest BCUT2D eigenvalue weighted by Gasteiger charge is 2.26. The molecule has 1 atom stereocenters. The molecule has 2 aliphatic rings. The summed E-state index contributed by atoms with van der Waals surface area (Å²) < 4.78 is 0. The second kappa shape index (κ2) is 9.58. The fraction of sp³-hybridized carbons (Fsp3) is 0.346. The Hall–Kier alpha value is -3.45. The first-order valence-corrected chi connectivity index (χ1v) is 11.3. The van der Waals surface area contributed by atoms with Gasteiger partial charge in [0.1, 0.15) is 6.17 Å². The van der Waals surface area contributed by atoms with E-state index in [1.165, 1.54) is 0 Å². The Balaban J connectivity index is 1.46. The Morgan fingerprint density at radius 1 is 1.06 bits per heavy atom. The van der Waals surface area contributed by atoms with E-state index in [2.05, 4.69) is 29.0 Å². The molecular formula is C26H30N4O3. The summed E-state index contributed by atoms with van der Waals surface area (Å²) in [4.78, 5) is 30.1. The molecule has 1 unspecified atom stereocenters. The Bertz CT molecular complexity index is 1080. The number of carbonyl (C=O) groups is 1. The minimum absolute atomic E-state index is 0.0522. The molecule has 2 heterocycles. The monoisotopic (exact) mass is 446 g/mol. The van der Waals surface area contributed by atoms with Gasteiger partial charge in [0.05, 0.1) is 4.92 Å². The van der Waals surface area contributed by atoms with Gasteiger partial charge in [-0.05, 0) is 75.2 Å². The molecule has 0 spiro atoms. The summed E-state index contributed by atoms with van der Waals surface area (Å²) >= 11 is 0. The molecule has 1 amide bonds. The first kappa shape index (κ1) is 22.7. The Morgan fingerprint density at radius 2 is 1.76 bits per heavy atom. The highest BCUT2D eigenvalue weighted by atomic mass is 16.6. The number of piperidine rings is 1. The normalized spacial score (nSPS) is 18.7. The standard InChI is InChI=1S/C26H30N4O3/c1-19-7-8-22(18-24(19)29-15-5-4-6-25(29)27(2)3)26(31)28-16-13-21(14-17-28)20-9-11-23(12-10-20)30(32)33/h4-12,15,18,21,25H,13-14,16-17H2,1-3H3. The largest absolute Gasteiger partial charge is 0.339 e. The van der Waals surface area contributed by atoms with E-state index in [4.69, 9.17) is 0 Å². The second-order valence-corrected chi connectivity index (χ2v) is 8.93. The Kier molecular flexibility index (Phi) is 6.60. The predicted octanol–water partition coefficient (Wildman–Crippen LogP) is 4.70. The van der Waals surface area contributed by atoms with Crippen LogP contribution < -0.4 is 4.90 Å². The van der Waals surface area contributed by atoms with Gasteiger partial charge in [0.15, 0.2) is 0 Å². The molecule has 2 aliphatic heterocycles. The van der Waals surface area contributed by atoms with Gasteiger partial charge in [-0.1, -0.05) is 24.3 Å². The summed E-state index contributed by atoms with van der Waals surface area (Å²) in [6.07, 6.45) is 10.0. The number of anilines is 1. The molecule has 172 valence electrons. The zero-order chi connectivity index (χ0) is 23.5. The third kappa shape index (κ3) is 4.83. The summed E-state index contributed by atoms with van der Waals surface area (Å²) in [5, 5.41) is 10.9. The first-order chi connectivity index (χ1) is 15.8. The van der Waals surface area contributed by atoms with Crippen LogP contribution in [0.5, 0.6) is 0 Å². The number of carbonyl (C=O) groups excluding carboxylic acids is 1. The van der Waals surface area contributed by atoms with Crippen molar-refractivity contribution in [2.24, 2.45) is 0 Å². The number of aryl methyl sites for hydroxylation is 1. The number of likely N-dealkylation sites (tertiary alicyclic amines) is 1. The third-order valence-electron chi connectivity index (χ3n) is 6.55. The van der Waals surface area contributed by atoms with E-state index in [9.17, 15) is 14.9 Å². The zero-order valence-corrected chi connectivity index (χ0v) is 19.3. The quantitative estimate of drug-likeness (QED) is 0.492. The van der Waals surface area contributed by atoms with Gasteiger partial charge in [-0.2, -0.15) is 0 Å². The van der Waals surface area contributed by atoms with Crippen LogP contribution in [0.4, 0.5) is 11.4 Å². The second-order valence-electron chi connectivity index (χ2n) is 8.93. The van der Waals surface area contributed by atoms with Crippen LogP contribution in [0.25, 0.3) is 0 Å². The van der Waals surface area contributed by atoms with Crippen molar-refractivity contribution in [2.75, 3.05) is 32.1 Å². The van der Waals surface area contributed by atoms with E-state index in [0.717, 1.165) is 29.7 Å². The fourth-order valence-corrected chi connectivity index (χ4v) is 4.62. The van der Waals surface area contributed by atoms with Gasteiger partial charge in [0, 0.05) is 42.7 Å². The van der Waals surface area contributed by atoms with E-state index in [0.29, 0.717) is 24.6 Å². The number of hydrogen-bond donors (Lipinski definition) is 0. The van der Waals surface area contributed by atoms with Gasteiger partial charge in [0.25, 0.3) is 11.6 Å². The number of likely N-dealkylation sites (N-methyl/N-ethyl adjacent to an activating group) is 1. The van der Waals surface area contributed by atoms with Crippen LogP contribution in [-0.4, -0.2) is 54.0 Å². The number of benzene rings is 2. The maximum Gasteiger partial charge on any atom is 0.269 e. The summed E-state index contributed by atoms with van der Waals surface area (Å²) in [5.74, 6) is 0.367. The van der Waals surface area contributed by atoms with Crippen molar-refractivity contribution < 1.29 is 9.72 Å². The SMILES string of the molecule is Cc1ccc(C(=O)N2CCC(c3ccc([N+](=O)[O-])cc3)CC2)cc1N1C=CC=CC1N(C)C. The first-order valence-electron chi connectivity index (χ1n) is 11.3. The van der Waals surface area contributed by atoms with Crippen LogP contribution in [-0.2, 0) is 0 Å².